The van der Waals surface area contributed by atoms with Gasteiger partial charge in [-0.25, -0.2) is 0 Å². The Kier molecular flexibility index (Phi) is 3.56. The van der Waals surface area contributed by atoms with Crippen molar-refractivity contribution < 1.29 is 14.3 Å². The predicted octanol–water partition coefficient (Wildman–Crippen LogP) is -1.47. The van der Waals surface area contributed by atoms with Gasteiger partial charge < -0.3 is 4.74 Å². The molecule has 0 amide bonds. The van der Waals surface area contributed by atoms with Crippen LogP contribution in [0.1, 0.15) is 13.8 Å². The van der Waals surface area contributed by atoms with Crippen molar-refractivity contribution in [2.24, 2.45) is 0 Å². The first kappa shape index (κ1) is 11.1. The number of nitrogens with one attached hydrogen (secondary N) is 3. The second-order valence-corrected chi connectivity index (χ2v) is 3.34. The molecular formula is C8H15N3O3. The van der Waals surface area contributed by atoms with Crippen LogP contribution in [0.5, 0.6) is 0 Å². The predicted molar refractivity (Wildman–Crippen MR) is 49.2 cm³/mol. The van der Waals surface area contributed by atoms with Gasteiger partial charge in [-0.1, -0.05) is 0 Å². The van der Waals surface area contributed by atoms with Crippen LogP contribution in [-0.2, 0) is 14.3 Å². The zero-order valence-corrected chi connectivity index (χ0v) is 8.29. The standard InChI is InChI=1S/C8H15N3O3/c1-6(13)14-8(2,3-12)7-10-4-9-5-11-7/h3,7,9-11H,4-5H2,1-2H3. The van der Waals surface area contributed by atoms with E-state index in [0.29, 0.717) is 19.6 Å². The molecule has 0 bridgehead atoms. The number of hydrogen-bond acceptors (Lipinski definition) is 6. The molecule has 0 spiro atoms. The van der Waals surface area contributed by atoms with Gasteiger partial charge in [-0.3, -0.25) is 25.5 Å². The highest BCUT2D eigenvalue weighted by Gasteiger charge is 2.37. The lowest BCUT2D eigenvalue weighted by Gasteiger charge is -2.36. The van der Waals surface area contributed by atoms with E-state index in [1.54, 1.807) is 6.92 Å². The maximum Gasteiger partial charge on any atom is 0.303 e. The van der Waals surface area contributed by atoms with Crippen LogP contribution < -0.4 is 16.0 Å². The number of hydrogen-bond donors (Lipinski definition) is 3. The van der Waals surface area contributed by atoms with Gasteiger partial charge in [0.15, 0.2) is 11.9 Å². The topological polar surface area (TPSA) is 79.5 Å². The number of carbonyl (C=O) groups is 2. The lowest BCUT2D eigenvalue weighted by Crippen LogP contribution is -2.66. The summed E-state index contributed by atoms with van der Waals surface area (Å²) in [7, 11) is 0. The van der Waals surface area contributed by atoms with Crippen molar-refractivity contribution in [3.63, 3.8) is 0 Å². The summed E-state index contributed by atoms with van der Waals surface area (Å²) in [6.07, 6.45) is 0.273. The Morgan fingerprint density at radius 1 is 1.50 bits per heavy atom. The molecule has 0 aromatic carbocycles. The zero-order chi connectivity index (χ0) is 10.6. The van der Waals surface area contributed by atoms with Gasteiger partial charge in [-0.15, -0.1) is 0 Å². The Hall–Kier alpha value is -0.980. The number of carbonyl (C=O) groups excluding carboxylic acids is 2. The number of aldehydes is 1. The quantitative estimate of drug-likeness (QED) is 0.382. The van der Waals surface area contributed by atoms with Crippen LogP contribution in [0.3, 0.4) is 0 Å². The van der Waals surface area contributed by atoms with Crippen molar-refractivity contribution in [1.82, 2.24) is 16.0 Å². The summed E-state index contributed by atoms with van der Waals surface area (Å²) in [5.41, 5.74) is -1.16. The zero-order valence-electron chi connectivity index (χ0n) is 8.29. The first-order valence-electron chi connectivity index (χ1n) is 4.42. The highest BCUT2D eigenvalue weighted by atomic mass is 16.6. The molecule has 1 saturated heterocycles. The van der Waals surface area contributed by atoms with Crippen LogP contribution in [-0.4, -0.2) is 37.4 Å². The van der Waals surface area contributed by atoms with E-state index in [2.05, 4.69) is 16.0 Å². The van der Waals surface area contributed by atoms with E-state index in [1.165, 1.54) is 6.92 Å². The van der Waals surface area contributed by atoms with Gasteiger partial charge in [0.05, 0.1) is 0 Å². The Morgan fingerprint density at radius 2 is 2.07 bits per heavy atom. The molecule has 0 aliphatic carbocycles. The molecular weight excluding hydrogens is 186 g/mol. The molecule has 1 rings (SSSR count). The highest BCUT2D eigenvalue weighted by molar-refractivity contribution is 5.73. The molecule has 14 heavy (non-hydrogen) atoms. The van der Waals surface area contributed by atoms with Gasteiger partial charge in [-0.05, 0) is 6.92 Å². The molecule has 1 fully saturated rings. The first-order valence-corrected chi connectivity index (χ1v) is 4.42. The van der Waals surface area contributed by atoms with Crippen molar-refractivity contribution in [2.45, 2.75) is 25.6 Å². The minimum absolute atomic E-state index is 0.356. The second kappa shape index (κ2) is 4.50. The Balaban J connectivity index is 2.65. The second-order valence-electron chi connectivity index (χ2n) is 3.34. The molecule has 6 heteroatoms. The van der Waals surface area contributed by atoms with Crippen LogP contribution in [0, 0.1) is 0 Å². The van der Waals surface area contributed by atoms with Crippen LogP contribution in [0.25, 0.3) is 0 Å². The first-order chi connectivity index (χ1) is 6.58. The largest absolute Gasteiger partial charge is 0.449 e. The van der Waals surface area contributed by atoms with Gasteiger partial charge in [0.2, 0.25) is 0 Å². The molecule has 6 nitrogen and oxygen atoms in total. The van der Waals surface area contributed by atoms with Crippen molar-refractivity contribution in [2.75, 3.05) is 13.3 Å². The van der Waals surface area contributed by atoms with Crippen LogP contribution >= 0.6 is 0 Å². The molecule has 0 aromatic heterocycles. The fraction of sp³-hybridized carbons (Fsp3) is 0.750. The third-order valence-electron chi connectivity index (χ3n) is 2.03. The van der Waals surface area contributed by atoms with E-state index in [9.17, 15) is 9.59 Å². The van der Waals surface area contributed by atoms with E-state index in [-0.39, 0.29) is 6.17 Å². The lowest BCUT2D eigenvalue weighted by atomic mass is 10.0. The maximum absolute atomic E-state index is 10.9. The average Bonchev–Trinajstić information content (AvgIpc) is 2.18. The summed E-state index contributed by atoms with van der Waals surface area (Å²) >= 11 is 0. The fourth-order valence-electron chi connectivity index (χ4n) is 1.35. The summed E-state index contributed by atoms with van der Waals surface area (Å²) in [5.74, 6) is -0.471. The van der Waals surface area contributed by atoms with Gasteiger partial charge in [-0.2, -0.15) is 0 Å². The summed E-state index contributed by atoms with van der Waals surface area (Å²) < 4.78 is 4.97. The fourth-order valence-corrected chi connectivity index (χ4v) is 1.35. The van der Waals surface area contributed by atoms with E-state index >= 15 is 0 Å². The van der Waals surface area contributed by atoms with Crippen molar-refractivity contribution in [3.8, 4) is 0 Å². The molecule has 1 heterocycles. The molecule has 1 atom stereocenters. The van der Waals surface area contributed by atoms with Crippen LogP contribution in [0.4, 0.5) is 0 Å². The molecule has 3 N–H and O–H groups in total. The summed E-state index contributed by atoms with van der Waals surface area (Å²) in [6.45, 7) is 3.99. The van der Waals surface area contributed by atoms with E-state index in [1.807, 2.05) is 0 Å². The van der Waals surface area contributed by atoms with Gasteiger partial charge in [0.1, 0.15) is 6.17 Å². The SMILES string of the molecule is CC(=O)OC(C)(C=O)C1NCNCN1. The van der Waals surface area contributed by atoms with Crippen LogP contribution in [0.15, 0.2) is 0 Å². The number of rotatable bonds is 3. The lowest BCUT2D eigenvalue weighted by molar-refractivity contribution is -0.163. The van der Waals surface area contributed by atoms with Crippen LogP contribution in [0.2, 0.25) is 0 Å². The Labute approximate surface area is 82.4 Å². The maximum atomic E-state index is 10.9. The molecule has 80 valence electrons. The van der Waals surface area contributed by atoms with E-state index in [0.717, 1.165) is 0 Å². The molecule has 1 aliphatic rings. The Morgan fingerprint density at radius 3 is 2.50 bits per heavy atom. The molecule has 1 unspecified atom stereocenters. The van der Waals surface area contributed by atoms with Crippen molar-refractivity contribution in [1.29, 1.82) is 0 Å². The summed E-state index contributed by atoms with van der Waals surface area (Å²) in [6, 6.07) is 0. The smallest absolute Gasteiger partial charge is 0.303 e. The molecule has 0 saturated carbocycles. The molecule has 0 aromatic rings. The monoisotopic (exact) mass is 201 g/mol. The van der Waals surface area contributed by atoms with Crippen molar-refractivity contribution in [3.05, 3.63) is 0 Å². The normalized spacial score (nSPS) is 22.4. The minimum Gasteiger partial charge on any atom is -0.449 e. The van der Waals surface area contributed by atoms with Gasteiger partial charge >= 0.3 is 5.97 Å². The van der Waals surface area contributed by atoms with E-state index < -0.39 is 11.6 Å². The van der Waals surface area contributed by atoms with Gasteiger partial charge in [0.25, 0.3) is 0 Å². The van der Waals surface area contributed by atoms with E-state index in [4.69, 9.17) is 4.74 Å². The third-order valence-corrected chi connectivity index (χ3v) is 2.03. The minimum atomic E-state index is -1.16. The summed E-state index contributed by atoms with van der Waals surface area (Å²) in [5, 5.41) is 8.96. The van der Waals surface area contributed by atoms with Crippen molar-refractivity contribution >= 4 is 12.3 Å². The Bertz CT molecular complexity index is 228. The molecule has 0 radical (unpaired) electrons. The van der Waals surface area contributed by atoms with Gasteiger partial charge in [0, 0.05) is 20.3 Å². The third kappa shape index (κ3) is 2.50. The highest BCUT2D eigenvalue weighted by Crippen LogP contribution is 2.12. The average molecular weight is 201 g/mol. The number of esters is 1. The molecule has 1 aliphatic heterocycles. The summed E-state index contributed by atoms with van der Waals surface area (Å²) in [4.78, 5) is 21.7. The number of ether oxygens (including phenoxy) is 1.